The van der Waals surface area contributed by atoms with Crippen molar-refractivity contribution in [3.05, 3.63) is 28.2 Å². The number of aryl methyl sites for hydroxylation is 1. The van der Waals surface area contributed by atoms with Gasteiger partial charge < -0.3 is 0 Å². The zero-order valence-electron chi connectivity index (χ0n) is 7.75. The van der Waals surface area contributed by atoms with Crippen LogP contribution in [0.3, 0.4) is 0 Å². The van der Waals surface area contributed by atoms with E-state index in [2.05, 4.69) is 17.4 Å². The van der Waals surface area contributed by atoms with Crippen LogP contribution in [0.4, 0.5) is 0 Å². The van der Waals surface area contributed by atoms with Crippen molar-refractivity contribution in [3.63, 3.8) is 0 Å². The molecular weight excluding hydrogens is 214 g/mol. The van der Waals surface area contributed by atoms with Gasteiger partial charge in [0.25, 0.3) is 0 Å². The number of aromatic nitrogens is 1. The maximum Gasteiger partial charge on any atom is 0.236 e. The Morgan fingerprint density at radius 1 is 1.57 bits per heavy atom. The first kappa shape index (κ1) is 9.51. The third-order valence-electron chi connectivity index (χ3n) is 2.10. The van der Waals surface area contributed by atoms with E-state index in [-0.39, 0.29) is 0 Å². The summed E-state index contributed by atoms with van der Waals surface area (Å²) in [5.74, 6) is 2.65. The van der Waals surface area contributed by atoms with Crippen LogP contribution in [0, 0.1) is 19.3 Å². The van der Waals surface area contributed by atoms with Gasteiger partial charge in [0, 0.05) is 18.0 Å². The predicted molar refractivity (Wildman–Crippen MR) is 60.6 cm³/mol. The summed E-state index contributed by atoms with van der Waals surface area (Å²) in [6, 6.07) is 5.89. The molecule has 3 heteroatoms. The van der Waals surface area contributed by atoms with E-state index >= 15 is 0 Å². The highest BCUT2D eigenvalue weighted by Crippen LogP contribution is 2.22. The fourth-order valence-electron chi connectivity index (χ4n) is 1.46. The van der Waals surface area contributed by atoms with E-state index in [9.17, 15) is 0 Å². The second-order valence-electron chi connectivity index (χ2n) is 3.02. The number of halogens is 1. The fourth-order valence-corrected chi connectivity index (χ4v) is 2.63. The van der Waals surface area contributed by atoms with Gasteiger partial charge in [-0.15, -0.1) is 6.42 Å². The Hall–Kier alpha value is -1.04. The Bertz CT molecular complexity index is 522. The summed E-state index contributed by atoms with van der Waals surface area (Å²) in [6.07, 6.45) is 5.32. The molecule has 0 spiro atoms. The molecule has 1 heterocycles. The second-order valence-corrected chi connectivity index (χ2v) is 4.69. The lowest BCUT2D eigenvalue weighted by atomic mass is 10.3. The van der Waals surface area contributed by atoms with Crippen molar-refractivity contribution in [1.82, 2.24) is 0 Å². The van der Waals surface area contributed by atoms with Gasteiger partial charge in [-0.2, -0.15) is 4.57 Å². The van der Waals surface area contributed by atoms with Crippen molar-refractivity contribution in [1.29, 1.82) is 0 Å². The monoisotopic (exact) mass is 222 g/mol. The van der Waals surface area contributed by atoms with Gasteiger partial charge >= 0.3 is 0 Å². The molecule has 1 aromatic carbocycles. The fraction of sp³-hybridized carbons (Fsp3) is 0.182. The lowest BCUT2D eigenvalue weighted by molar-refractivity contribution is -0.660. The van der Waals surface area contributed by atoms with Crippen LogP contribution in [0.25, 0.3) is 10.2 Å². The van der Waals surface area contributed by atoms with Gasteiger partial charge in [-0.05, 0) is 18.1 Å². The van der Waals surface area contributed by atoms with Crippen LogP contribution < -0.4 is 4.57 Å². The summed E-state index contributed by atoms with van der Waals surface area (Å²) in [5, 5.41) is 1.96. The molecule has 0 unspecified atom stereocenters. The molecule has 2 aromatic rings. The van der Waals surface area contributed by atoms with Gasteiger partial charge in [-0.1, -0.05) is 22.9 Å². The van der Waals surface area contributed by atoms with Crippen LogP contribution in [0.15, 0.2) is 18.2 Å². The molecule has 2 rings (SSSR count). The van der Waals surface area contributed by atoms with Gasteiger partial charge in [0.15, 0.2) is 0 Å². The van der Waals surface area contributed by atoms with Crippen molar-refractivity contribution in [3.8, 4) is 12.3 Å². The SMILES string of the molecule is C#CC[n+]1c(C)sc2ccc(Cl)cc21. The number of fused-ring (bicyclic) bond motifs is 1. The van der Waals surface area contributed by atoms with Crippen LogP contribution >= 0.6 is 22.9 Å². The topological polar surface area (TPSA) is 3.88 Å². The number of hydrogen-bond donors (Lipinski definition) is 0. The zero-order valence-corrected chi connectivity index (χ0v) is 9.32. The van der Waals surface area contributed by atoms with E-state index in [4.69, 9.17) is 18.0 Å². The van der Waals surface area contributed by atoms with Gasteiger partial charge in [0.2, 0.25) is 17.1 Å². The maximum absolute atomic E-state index is 5.94. The van der Waals surface area contributed by atoms with Crippen LogP contribution in [0.5, 0.6) is 0 Å². The molecule has 0 saturated heterocycles. The van der Waals surface area contributed by atoms with Crippen LogP contribution in [0.1, 0.15) is 5.01 Å². The van der Waals surface area contributed by atoms with Crippen molar-refractivity contribution >= 4 is 33.2 Å². The first-order chi connectivity index (χ1) is 6.72. The number of benzene rings is 1. The summed E-state index contributed by atoms with van der Waals surface area (Å²) < 4.78 is 3.33. The van der Waals surface area contributed by atoms with Gasteiger partial charge in [0.05, 0.1) is 0 Å². The van der Waals surface area contributed by atoms with E-state index in [0.29, 0.717) is 6.54 Å². The summed E-state index contributed by atoms with van der Waals surface area (Å²) in [7, 11) is 0. The van der Waals surface area contributed by atoms with Crippen LogP contribution in [0.2, 0.25) is 5.02 Å². The molecule has 0 N–H and O–H groups in total. The smallest absolute Gasteiger partial charge is 0.174 e. The Labute approximate surface area is 91.9 Å². The summed E-state index contributed by atoms with van der Waals surface area (Å²) in [5.41, 5.74) is 1.12. The summed E-state index contributed by atoms with van der Waals surface area (Å²) >= 11 is 7.68. The van der Waals surface area contributed by atoms with Crippen LogP contribution in [-0.4, -0.2) is 0 Å². The third-order valence-corrected chi connectivity index (χ3v) is 3.41. The van der Waals surface area contributed by atoms with Gasteiger partial charge in [0.1, 0.15) is 4.70 Å². The molecule has 0 aliphatic rings. The third kappa shape index (κ3) is 1.50. The number of thiazole rings is 1. The summed E-state index contributed by atoms with van der Waals surface area (Å²) in [4.78, 5) is 0. The first-order valence-corrected chi connectivity index (χ1v) is 5.44. The standard InChI is InChI=1S/C11H9ClNS/c1-3-6-13-8(2)14-11-5-4-9(12)7-10(11)13/h1,4-5,7H,6H2,2H3/q+1. The highest BCUT2D eigenvalue weighted by atomic mass is 35.5. The Kier molecular flexibility index (Phi) is 2.45. The Balaban J connectivity index is 2.74. The molecule has 1 nitrogen and oxygen atoms in total. The van der Waals surface area contributed by atoms with Crippen molar-refractivity contribution in [2.24, 2.45) is 0 Å². The molecule has 0 aliphatic heterocycles. The van der Waals surface area contributed by atoms with E-state index in [1.807, 2.05) is 18.2 Å². The molecule has 14 heavy (non-hydrogen) atoms. The Morgan fingerprint density at radius 2 is 2.36 bits per heavy atom. The molecule has 0 atom stereocenters. The molecule has 0 amide bonds. The quantitative estimate of drug-likeness (QED) is 0.516. The number of rotatable bonds is 1. The highest BCUT2D eigenvalue weighted by Gasteiger charge is 2.15. The normalized spacial score (nSPS) is 10.4. The van der Waals surface area contributed by atoms with Crippen molar-refractivity contribution in [2.75, 3.05) is 0 Å². The Morgan fingerprint density at radius 3 is 3.07 bits per heavy atom. The minimum absolute atomic E-state index is 0.603. The number of hydrogen-bond acceptors (Lipinski definition) is 1. The lowest BCUT2D eigenvalue weighted by Gasteiger charge is -1.90. The molecule has 0 bridgehead atoms. The summed E-state index contributed by atoms with van der Waals surface area (Å²) in [6.45, 7) is 2.67. The van der Waals surface area contributed by atoms with Gasteiger partial charge in [-0.3, -0.25) is 0 Å². The van der Waals surface area contributed by atoms with E-state index in [1.54, 1.807) is 11.3 Å². The highest BCUT2D eigenvalue weighted by molar-refractivity contribution is 7.18. The van der Waals surface area contributed by atoms with Crippen LogP contribution in [-0.2, 0) is 6.54 Å². The minimum Gasteiger partial charge on any atom is -0.174 e. The lowest BCUT2D eigenvalue weighted by Crippen LogP contribution is -2.34. The van der Waals surface area contributed by atoms with E-state index in [0.717, 1.165) is 10.5 Å². The molecule has 0 aliphatic carbocycles. The molecule has 70 valence electrons. The first-order valence-electron chi connectivity index (χ1n) is 4.24. The predicted octanol–water partition coefficient (Wildman–Crippen LogP) is 2.78. The number of terminal acetylenes is 1. The molecule has 0 saturated carbocycles. The number of nitrogens with zero attached hydrogens (tertiary/aromatic N) is 1. The van der Waals surface area contributed by atoms with E-state index in [1.165, 1.54) is 9.71 Å². The van der Waals surface area contributed by atoms with Crippen molar-refractivity contribution in [2.45, 2.75) is 13.5 Å². The average molecular weight is 223 g/mol. The average Bonchev–Trinajstić information content (AvgIpc) is 2.45. The second kappa shape index (κ2) is 3.61. The molecule has 0 fully saturated rings. The zero-order chi connectivity index (χ0) is 10.1. The minimum atomic E-state index is 0.603. The largest absolute Gasteiger partial charge is 0.236 e. The molecule has 0 radical (unpaired) electrons. The molecular formula is C11H9ClNS+. The van der Waals surface area contributed by atoms with E-state index < -0.39 is 0 Å². The molecule has 1 aromatic heterocycles. The maximum atomic E-state index is 5.94. The van der Waals surface area contributed by atoms with Gasteiger partial charge in [-0.25, -0.2) is 0 Å². The van der Waals surface area contributed by atoms with Crippen molar-refractivity contribution < 1.29 is 4.57 Å².